The number of nitrogens with zero attached hydrogens (tertiary/aromatic N) is 2. The van der Waals surface area contributed by atoms with Crippen molar-refractivity contribution in [2.24, 2.45) is 4.99 Å². The topological polar surface area (TPSA) is 85.8 Å². The van der Waals surface area contributed by atoms with Crippen molar-refractivity contribution in [2.45, 2.75) is 39.2 Å². The lowest BCUT2D eigenvalue weighted by atomic mass is 9.86. The van der Waals surface area contributed by atoms with Crippen LogP contribution in [0.5, 0.6) is 0 Å². The molecule has 1 saturated heterocycles. The third-order valence-corrected chi connectivity index (χ3v) is 5.74. The highest BCUT2D eigenvalue weighted by Crippen LogP contribution is 2.22. The van der Waals surface area contributed by atoms with Gasteiger partial charge in [0.1, 0.15) is 0 Å². The summed E-state index contributed by atoms with van der Waals surface area (Å²) in [7, 11) is 1.75. The molecule has 0 saturated carbocycles. The number of carbonyl (C=O) groups is 2. The maximum atomic E-state index is 12.6. The first-order chi connectivity index (χ1) is 15.8. The molecule has 1 aliphatic heterocycles. The van der Waals surface area contributed by atoms with Crippen molar-refractivity contribution in [1.82, 2.24) is 20.9 Å². The second-order valence-corrected chi connectivity index (χ2v) is 9.32. The highest BCUT2D eigenvalue weighted by molar-refractivity contribution is 5.97. The predicted molar refractivity (Wildman–Crippen MR) is 132 cm³/mol. The molecular weight excluding hydrogens is 414 g/mol. The van der Waals surface area contributed by atoms with Gasteiger partial charge < -0.3 is 20.9 Å². The van der Waals surface area contributed by atoms with E-state index >= 15 is 0 Å². The molecule has 0 spiro atoms. The number of aliphatic imine (C=N–C) groups is 1. The van der Waals surface area contributed by atoms with Crippen molar-refractivity contribution < 1.29 is 9.59 Å². The number of piperazine rings is 1. The molecule has 0 radical (unpaired) electrons. The molecule has 0 aliphatic carbocycles. The van der Waals surface area contributed by atoms with Crippen LogP contribution in [0.3, 0.4) is 0 Å². The Labute approximate surface area is 196 Å². The molecule has 0 atom stereocenters. The van der Waals surface area contributed by atoms with Gasteiger partial charge in [-0.1, -0.05) is 57.2 Å². The minimum absolute atomic E-state index is 0.114. The van der Waals surface area contributed by atoms with E-state index in [1.165, 1.54) is 11.1 Å². The maximum absolute atomic E-state index is 12.6. The molecule has 2 aromatic rings. The van der Waals surface area contributed by atoms with Crippen molar-refractivity contribution in [2.75, 3.05) is 33.2 Å². The number of carbonyl (C=O) groups excluding carboxylic acids is 2. The molecule has 2 aromatic carbocycles. The molecule has 1 fully saturated rings. The SMILES string of the molecule is CN=C(NCCc1ccc(C(C)(C)C)cc1)NCc1ccc(C(=O)N2CCNC(=O)C2)cc1. The molecule has 33 heavy (non-hydrogen) atoms. The molecule has 0 aromatic heterocycles. The van der Waals surface area contributed by atoms with E-state index in [2.05, 4.69) is 66.0 Å². The van der Waals surface area contributed by atoms with Crippen LogP contribution in [-0.4, -0.2) is 55.9 Å². The zero-order chi connectivity index (χ0) is 23.8. The van der Waals surface area contributed by atoms with Gasteiger partial charge in [0.25, 0.3) is 5.91 Å². The molecule has 0 bridgehead atoms. The molecule has 2 amide bonds. The Morgan fingerprint density at radius 1 is 1.03 bits per heavy atom. The highest BCUT2D eigenvalue weighted by Gasteiger charge is 2.22. The standard InChI is InChI=1S/C26H35N5O2/c1-26(2,3)22-11-7-19(8-12-22)13-14-29-25(27-4)30-17-20-5-9-21(10-6-20)24(33)31-16-15-28-23(32)18-31/h5-12H,13-18H2,1-4H3,(H,28,32)(H2,27,29,30). The Morgan fingerprint density at radius 2 is 1.70 bits per heavy atom. The van der Waals surface area contributed by atoms with E-state index in [9.17, 15) is 9.59 Å². The van der Waals surface area contributed by atoms with Gasteiger partial charge in [0.2, 0.25) is 5.91 Å². The average Bonchev–Trinajstić information content (AvgIpc) is 2.81. The molecular formula is C26H35N5O2. The number of guanidine groups is 1. The van der Waals surface area contributed by atoms with E-state index in [4.69, 9.17) is 0 Å². The quantitative estimate of drug-likeness (QED) is 0.467. The van der Waals surface area contributed by atoms with Crippen LogP contribution in [0.15, 0.2) is 53.5 Å². The van der Waals surface area contributed by atoms with E-state index < -0.39 is 0 Å². The largest absolute Gasteiger partial charge is 0.356 e. The van der Waals surface area contributed by atoms with Crippen LogP contribution in [0.2, 0.25) is 0 Å². The summed E-state index contributed by atoms with van der Waals surface area (Å²) in [4.78, 5) is 30.0. The summed E-state index contributed by atoms with van der Waals surface area (Å²) in [5.74, 6) is 0.509. The van der Waals surface area contributed by atoms with Gasteiger partial charge in [0.15, 0.2) is 5.96 Å². The molecule has 0 unspecified atom stereocenters. The Kier molecular flexibility index (Phi) is 8.09. The third-order valence-electron chi connectivity index (χ3n) is 5.74. The zero-order valence-electron chi connectivity index (χ0n) is 20.1. The van der Waals surface area contributed by atoms with E-state index in [0.29, 0.717) is 25.2 Å². The first-order valence-corrected chi connectivity index (χ1v) is 11.4. The van der Waals surface area contributed by atoms with E-state index in [0.717, 1.165) is 24.5 Å². The Morgan fingerprint density at radius 3 is 2.30 bits per heavy atom. The van der Waals surface area contributed by atoms with Crippen LogP contribution >= 0.6 is 0 Å². The van der Waals surface area contributed by atoms with Crippen molar-refractivity contribution in [3.8, 4) is 0 Å². The molecule has 1 aliphatic rings. The maximum Gasteiger partial charge on any atom is 0.254 e. The van der Waals surface area contributed by atoms with Gasteiger partial charge in [-0.3, -0.25) is 14.6 Å². The fourth-order valence-corrected chi connectivity index (χ4v) is 3.66. The Bertz CT molecular complexity index is 975. The first kappa shape index (κ1) is 24.3. The number of benzene rings is 2. The van der Waals surface area contributed by atoms with Crippen molar-refractivity contribution in [1.29, 1.82) is 0 Å². The first-order valence-electron chi connectivity index (χ1n) is 11.4. The second-order valence-electron chi connectivity index (χ2n) is 9.32. The fraction of sp³-hybridized carbons (Fsp3) is 0.423. The van der Waals surface area contributed by atoms with Crippen LogP contribution in [0.4, 0.5) is 0 Å². The summed E-state index contributed by atoms with van der Waals surface area (Å²) < 4.78 is 0. The predicted octanol–water partition coefficient (Wildman–Crippen LogP) is 2.46. The van der Waals surface area contributed by atoms with Crippen molar-refractivity contribution in [3.05, 3.63) is 70.8 Å². The summed E-state index contributed by atoms with van der Waals surface area (Å²) in [6, 6.07) is 16.3. The second kappa shape index (κ2) is 11.0. The molecule has 3 N–H and O–H groups in total. The monoisotopic (exact) mass is 449 g/mol. The summed E-state index contributed by atoms with van der Waals surface area (Å²) in [5, 5.41) is 9.39. The van der Waals surface area contributed by atoms with Crippen molar-refractivity contribution >= 4 is 17.8 Å². The lowest BCUT2D eigenvalue weighted by Crippen LogP contribution is -2.49. The van der Waals surface area contributed by atoms with Gasteiger partial charge in [-0.2, -0.15) is 0 Å². The van der Waals surface area contributed by atoms with Gasteiger partial charge in [0, 0.05) is 38.8 Å². The lowest BCUT2D eigenvalue weighted by molar-refractivity contribution is -0.123. The molecule has 1 heterocycles. The average molecular weight is 450 g/mol. The van der Waals surface area contributed by atoms with Gasteiger partial charge in [-0.25, -0.2) is 0 Å². The van der Waals surface area contributed by atoms with E-state index in [1.54, 1.807) is 11.9 Å². The number of amides is 2. The summed E-state index contributed by atoms with van der Waals surface area (Å²) in [6.45, 7) is 9.20. The summed E-state index contributed by atoms with van der Waals surface area (Å²) >= 11 is 0. The number of nitrogens with one attached hydrogen (secondary N) is 3. The van der Waals surface area contributed by atoms with Gasteiger partial charge in [-0.05, 0) is 40.7 Å². The number of hydrogen-bond acceptors (Lipinski definition) is 3. The van der Waals surface area contributed by atoms with Crippen LogP contribution in [0, 0.1) is 0 Å². The van der Waals surface area contributed by atoms with E-state index in [1.807, 2.05) is 24.3 Å². The number of rotatable bonds is 6. The van der Waals surface area contributed by atoms with Gasteiger partial charge in [0.05, 0.1) is 6.54 Å². The number of hydrogen-bond donors (Lipinski definition) is 3. The van der Waals surface area contributed by atoms with Gasteiger partial charge in [-0.15, -0.1) is 0 Å². The normalized spacial score (nSPS) is 14.6. The fourth-order valence-electron chi connectivity index (χ4n) is 3.66. The molecule has 7 nitrogen and oxygen atoms in total. The third kappa shape index (κ3) is 7.07. The van der Waals surface area contributed by atoms with Crippen LogP contribution in [-0.2, 0) is 23.2 Å². The summed E-state index contributed by atoms with van der Waals surface area (Å²) in [5.41, 5.74) is 4.43. The minimum atomic E-state index is -0.115. The van der Waals surface area contributed by atoms with Crippen LogP contribution in [0.25, 0.3) is 0 Å². The highest BCUT2D eigenvalue weighted by atomic mass is 16.2. The Hall–Kier alpha value is -3.35. The summed E-state index contributed by atoms with van der Waals surface area (Å²) in [6.07, 6.45) is 0.913. The van der Waals surface area contributed by atoms with Crippen LogP contribution in [0.1, 0.15) is 47.8 Å². The molecule has 3 rings (SSSR count). The zero-order valence-corrected chi connectivity index (χ0v) is 20.1. The van der Waals surface area contributed by atoms with Gasteiger partial charge >= 0.3 is 0 Å². The Balaban J connectivity index is 1.44. The van der Waals surface area contributed by atoms with E-state index in [-0.39, 0.29) is 23.8 Å². The minimum Gasteiger partial charge on any atom is -0.356 e. The smallest absolute Gasteiger partial charge is 0.254 e. The van der Waals surface area contributed by atoms with Crippen molar-refractivity contribution in [3.63, 3.8) is 0 Å². The molecule has 176 valence electrons. The lowest BCUT2D eigenvalue weighted by Gasteiger charge is -2.26. The van der Waals surface area contributed by atoms with Crippen LogP contribution < -0.4 is 16.0 Å². The molecule has 7 heteroatoms.